The first-order valence-electron chi connectivity index (χ1n) is 8.92. The number of hydrogen-bond donors (Lipinski definition) is 3. The van der Waals surface area contributed by atoms with E-state index in [-0.39, 0.29) is 6.04 Å². The third kappa shape index (κ3) is 3.99. The first kappa shape index (κ1) is 17.6. The monoisotopic (exact) mass is 378 g/mol. The van der Waals surface area contributed by atoms with Crippen LogP contribution in [0.4, 0.5) is 5.13 Å². The lowest BCUT2D eigenvalue weighted by atomic mass is 10.1. The van der Waals surface area contributed by atoms with Crippen LogP contribution < -0.4 is 11.1 Å². The Morgan fingerprint density at radius 1 is 1.11 bits per heavy atom. The number of nitrogens with zero attached hydrogens (tertiary/aromatic N) is 3. The van der Waals surface area contributed by atoms with Gasteiger partial charge < -0.3 is 11.1 Å². The first-order valence-corrected chi connectivity index (χ1v) is 9.74. The van der Waals surface area contributed by atoms with Crippen LogP contribution in [0.2, 0.25) is 0 Å². The maximum atomic E-state index is 6.26. The highest BCUT2D eigenvalue weighted by molar-refractivity contribution is 7.18. The van der Waals surface area contributed by atoms with Gasteiger partial charge in [-0.3, -0.25) is 5.10 Å². The molecule has 4 rings (SSSR count). The van der Waals surface area contributed by atoms with Crippen LogP contribution in [0.25, 0.3) is 21.5 Å². The van der Waals surface area contributed by atoms with Crippen molar-refractivity contribution in [3.05, 3.63) is 59.3 Å². The molecular weight excluding hydrogens is 356 g/mol. The summed E-state index contributed by atoms with van der Waals surface area (Å²) in [5.41, 5.74) is 11.8. The van der Waals surface area contributed by atoms with E-state index in [1.54, 1.807) is 0 Å². The zero-order chi connectivity index (χ0) is 18.8. The van der Waals surface area contributed by atoms with Gasteiger partial charge in [0.1, 0.15) is 5.01 Å². The molecule has 2 aromatic heterocycles. The number of hydrogen-bond acceptors (Lipinski definition) is 6. The molecule has 0 spiro atoms. The number of benzene rings is 2. The van der Waals surface area contributed by atoms with Gasteiger partial charge in [0, 0.05) is 29.2 Å². The predicted octanol–water partition coefficient (Wildman–Crippen LogP) is 3.68. The van der Waals surface area contributed by atoms with Gasteiger partial charge in [-0.25, -0.2) is 0 Å². The molecule has 2 heterocycles. The minimum Gasteiger partial charge on any atom is -0.359 e. The number of nitrogens with two attached hydrogens (primary N) is 1. The van der Waals surface area contributed by atoms with E-state index < -0.39 is 0 Å². The van der Waals surface area contributed by atoms with E-state index in [9.17, 15) is 0 Å². The molecule has 0 saturated carbocycles. The van der Waals surface area contributed by atoms with Gasteiger partial charge in [0.15, 0.2) is 0 Å². The summed E-state index contributed by atoms with van der Waals surface area (Å²) in [6, 6.07) is 14.6. The van der Waals surface area contributed by atoms with Crippen molar-refractivity contribution < 1.29 is 0 Å². The van der Waals surface area contributed by atoms with Crippen molar-refractivity contribution >= 4 is 27.4 Å². The van der Waals surface area contributed by atoms with Gasteiger partial charge in [0.05, 0.1) is 5.52 Å². The van der Waals surface area contributed by atoms with Gasteiger partial charge in [0.25, 0.3) is 0 Å². The Hall–Kier alpha value is -2.77. The van der Waals surface area contributed by atoms with Crippen molar-refractivity contribution in [1.82, 2.24) is 20.4 Å². The maximum Gasteiger partial charge on any atom is 0.206 e. The molecule has 4 N–H and O–H groups in total. The smallest absolute Gasteiger partial charge is 0.206 e. The molecular formula is C20H22N6S. The summed E-state index contributed by atoms with van der Waals surface area (Å²) >= 11 is 1.53. The van der Waals surface area contributed by atoms with Crippen molar-refractivity contribution in [2.45, 2.75) is 26.3 Å². The number of nitrogens with one attached hydrogen (secondary N) is 2. The quantitative estimate of drug-likeness (QED) is 0.476. The summed E-state index contributed by atoms with van der Waals surface area (Å²) in [6.07, 6.45) is 0.829. The van der Waals surface area contributed by atoms with E-state index in [1.807, 2.05) is 19.1 Å². The summed E-state index contributed by atoms with van der Waals surface area (Å²) in [7, 11) is 0. The predicted molar refractivity (Wildman–Crippen MR) is 111 cm³/mol. The topological polar surface area (TPSA) is 92.5 Å². The molecule has 0 radical (unpaired) electrons. The second-order valence-electron chi connectivity index (χ2n) is 6.82. The Balaban J connectivity index is 1.40. The Morgan fingerprint density at radius 2 is 1.93 bits per heavy atom. The van der Waals surface area contributed by atoms with Crippen LogP contribution in [0.3, 0.4) is 0 Å². The Bertz CT molecular complexity index is 1050. The van der Waals surface area contributed by atoms with Crippen molar-refractivity contribution in [3.63, 3.8) is 0 Å². The molecule has 0 fully saturated rings. The van der Waals surface area contributed by atoms with Crippen molar-refractivity contribution in [2.24, 2.45) is 5.73 Å². The first-order chi connectivity index (χ1) is 13.1. The fraction of sp³-hybridized carbons (Fsp3) is 0.250. The highest BCUT2D eigenvalue weighted by Gasteiger charge is 2.11. The second-order valence-corrected chi connectivity index (χ2v) is 7.80. The lowest BCUT2D eigenvalue weighted by molar-refractivity contribution is 0.698. The molecule has 1 atom stereocenters. The Kier molecular flexibility index (Phi) is 4.87. The highest BCUT2D eigenvalue weighted by Crippen LogP contribution is 2.29. The largest absolute Gasteiger partial charge is 0.359 e. The third-order valence-electron chi connectivity index (χ3n) is 4.55. The van der Waals surface area contributed by atoms with E-state index >= 15 is 0 Å². The molecule has 2 aromatic carbocycles. The number of anilines is 1. The number of fused-ring (bicyclic) bond motifs is 1. The molecule has 0 saturated heterocycles. The number of H-pyrrole nitrogens is 1. The summed E-state index contributed by atoms with van der Waals surface area (Å²) in [6.45, 7) is 4.76. The molecule has 1 unspecified atom stereocenters. The Labute approximate surface area is 161 Å². The number of aryl methyl sites for hydroxylation is 2. The summed E-state index contributed by atoms with van der Waals surface area (Å²) in [5.74, 6) is 0. The molecule has 0 aliphatic carbocycles. The van der Waals surface area contributed by atoms with Crippen LogP contribution in [0.1, 0.15) is 16.8 Å². The van der Waals surface area contributed by atoms with Crippen molar-refractivity contribution in [3.8, 4) is 10.6 Å². The van der Waals surface area contributed by atoms with E-state index in [2.05, 4.69) is 63.0 Å². The average molecular weight is 379 g/mol. The highest BCUT2D eigenvalue weighted by atomic mass is 32.1. The minimum absolute atomic E-state index is 0.0185. The fourth-order valence-corrected chi connectivity index (χ4v) is 3.75. The normalized spacial score (nSPS) is 12.4. The molecule has 0 aliphatic rings. The molecule has 0 bridgehead atoms. The van der Waals surface area contributed by atoms with Crippen LogP contribution in [-0.2, 0) is 6.42 Å². The zero-order valence-electron chi connectivity index (χ0n) is 15.4. The number of rotatable bonds is 6. The molecule has 27 heavy (non-hydrogen) atoms. The van der Waals surface area contributed by atoms with Crippen LogP contribution in [0, 0.1) is 13.8 Å². The van der Waals surface area contributed by atoms with Gasteiger partial charge in [-0.1, -0.05) is 41.2 Å². The van der Waals surface area contributed by atoms with Gasteiger partial charge >= 0.3 is 0 Å². The van der Waals surface area contributed by atoms with Crippen molar-refractivity contribution in [1.29, 1.82) is 0 Å². The van der Waals surface area contributed by atoms with Crippen LogP contribution in [-0.4, -0.2) is 33.0 Å². The van der Waals surface area contributed by atoms with E-state index in [4.69, 9.17) is 5.73 Å². The van der Waals surface area contributed by atoms with Gasteiger partial charge in [-0.2, -0.15) is 5.10 Å². The summed E-state index contributed by atoms with van der Waals surface area (Å²) in [5, 5.41) is 21.9. The van der Waals surface area contributed by atoms with Crippen molar-refractivity contribution in [2.75, 3.05) is 11.9 Å². The van der Waals surface area contributed by atoms with Crippen LogP contribution in [0.15, 0.2) is 42.5 Å². The van der Waals surface area contributed by atoms with E-state index in [0.717, 1.165) is 38.7 Å². The summed E-state index contributed by atoms with van der Waals surface area (Å²) < 4.78 is 0. The molecule has 7 heteroatoms. The van der Waals surface area contributed by atoms with E-state index in [1.165, 1.54) is 22.5 Å². The molecule has 4 aromatic rings. The minimum atomic E-state index is 0.0185. The maximum absolute atomic E-state index is 6.26. The van der Waals surface area contributed by atoms with Gasteiger partial charge in [0.2, 0.25) is 5.13 Å². The molecule has 0 aliphatic heterocycles. The van der Waals surface area contributed by atoms with Crippen LogP contribution >= 0.6 is 11.3 Å². The lowest BCUT2D eigenvalue weighted by Gasteiger charge is -2.12. The lowest BCUT2D eigenvalue weighted by Crippen LogP contribution is -2.31. The number of aromatic amines is 1. The Morgan fingerprint density at radius 3 is 2.74 bits per heavy atom. The summed E-state index contributed by atoms with van der Waals surface area (Å²) in [4.78, 5) is 0. The molecule has 0 amide bonds. The number of aromatic nitrogens is 4. The molecule has 138 valence electrons. The molecule has 6 nitrogen and oxygen atoms in total. The standard InChI is InChI=1S/C20H22N6S/c1-12-3-5-14(6-4-12)9-16(21)11-22-20-26-25-19(27-20)15-7-8-18-17(10-15)13(2)23-24-18/h3-8,10,16H,9,11,21H2,1-2H3,(H,22,26)(H,23,24). The average Bonchev–Trinajstić information content (AvgIpc) is 3.29. The fourth-order valence-electron chi connectivity index (χ4n) is 3.00. The zero-order valence-corrected chi connectivity index (χ0v) is 16.2. The second kappa shape index (κ2) is 7.46. The van der Waals surface area contributed by atoms with Crippen LogP contribution in [0.5, 0.6) is 0 Å². The SMILES string of the molecule is Cc1ccc(CC(N)CNc2nnc(-c3ccc4n[nH]c(C)c4c3)s2)cc1. The van der Waals surface area contributed by atoms with E-state index in [0.29, 0.717) is 6.54 Å². The van der Waals surface area contributed by atoms with Gasteiger partial charge in [-0.15, -0.1) is 10.2 Å². The third-order valence-corrected chi connectivity index (χ3v) is 5.48. The van der Waals surface area contributed by atoms with Gasteiger partial charge in [-0.05, 0) is 44.0 Å².